The fraction of sp³-hybridized carbons (Fsp3) is 0.417. The fourth-order valence-electron chi connectivity index (χ4n) is 1.47. The van der Waals surface area contributed by atoms with Gasteiger partial charge in [-0.15, -0.1) is 0 Å². The number of aliphatic carboxylic acids is 1. The Morgan fingerprint density at radius 2 is 1.95 bits per heavy atom. The first-order valence-corrected chi connectivity index (χ1v) is 7.43. The molecule has 3 N–H and O–H groups in total. The van der Waals surface area contributed by atoms with Crippen molar-refractivity contribution in [2.24, 2.45) is 0 Å². The van der Waals surface area contributed by atoms with Crippen LogP contribution in [0.15, 0.2) is 30.3 Å². The van der Waals surface area contributed by atoms with Crippen LogP contribution in [-0.2, 0) is 26.3 Å². The Labute approximate surface area is 118 Å². The minimum absolute atomic E-state index is 0.201. The molecule has 8 heteroatoms. The number of rotatable bonds is 8. The lowest BCUT2D eigenvalue weighted by Crippen LogP contribution is -2.51. The normalized spacial score (nSPS) is 14.7. The summed E-state index contributed by atoms with van der Waals surface area (Å²) in [7, 11) is -2.66. The highest BCUT2D eigenvalue weighted by atomic mass is 32.2. The summed E-state index contributed by atoms with van der Waals surface area (Å²) in [4.78, 5) is 11.1. The molecule has 1 aromatic carbocycles. The second-order valence-electron chi connectivity index (χ2n) is 4.14. The standard InChI is InChI=1S/C12H18N2O5S/c1-9(19-8-10-6-4-3-5-7-10)11(12(15)16)14-20(17,18)13-2/h3-7,9,11,13-14H,8H2,1-2H3,(H,15,16)/t9-,11+/m1/s1. The van der Waals surface area contributed by atoms with E-state index >= 15 is 0 Å². The number of hydrogen-bond acceptors (Lipinski definition) is 4. The molecule has 0 bridgehead atoms. The quantitative estimate of drug-likeness (QED) is 0.631. The molecule has 0 spiro atoms. The maximum Gasteiger partial charge on any atom is 0.324 e. The molecule has 0 fully saturated rings. The van der Waals surface area contributed by atoms with E-state index in [9.17, 15) is 13.2 Å². The third kappa shape index (κ3) is 5.25. The van der Waals surface area contributed by atoms with Gasteiger partial charge in [0.1, 0.15) is 6.04 Å². The SMILES string of the molecule is CNS(=O)(=O)N[C@H](C(=O)O)[C@@H](C)OCc1ccccc1. The van der Waals surface area contributed by atoms with Crippen molar-refractivity contribution < 1.29 is 23.1 Å². The number of ether oxygens (including phenoxy) is 1. The lowest BCUT2D eigenvalue weighted by Gasteiger charge is -2.21. The Morgan fingerprint density at radius 3 is 2.45 bits per heavy atom. The van der Waals surface area contributed by atoms with Gasteiger partial charge in [-0.25, -0.2) is 4.72 Å². The van der Waals surface area contributed by atoms with E-state index in [1.807, 2.05) is 39.8 Å². The van der Waals surface area contributed by atoms with Crippen molar-refractivity contribution in [2.75, 3.05) is 7.05 Å². The second-order valence-corrected chi connectivity index (χ2v) is 5.79. The summed E-state index contributed by atoms with van der Waals surface area (Å²) in [6.07, 6.45) is -0.823. The molecule has 112 valence electrons. The van der Waals surface area contributed by atoms with Crippen LogP contribution in [0.25, 0.3) is 0 Å². The van der Waals surface area contributed by atoms with Crippen LogP contribution in [0.2, 0.25) is 0 Å². The van der Waals surface area contributed by atoms with Crippen LogP contribution in [0.5, 0.6) is 0 Å². The molecule has 0 aliphatic heterocycles. The van der Waals surface area contributed by atoms with Crippen LogP contribution in [0.1, 0.15) is 12.5 Å². The van der Waals surface area contributed by atoms with Gasteiger partial charge in [-0.1, -0.05) is 30.3 Å². The molecule has 0 radical (unpaired) electrons. The van der Waals surface area contributed by atoms with Gasteiger partial charge in [0.05, 0.1) is 12.7 Å². The molecule has 0 amide bonds. The lowest BCUT2D eigenvalue weighted by molar-refractivity contribution is -0.143. The topological polar surface area (TPSA) is 105 Å². The number of nitrogens with one attached hydrogen (secondary N) is 2. The van der Waals surface area contributed by atoms with E-state index in [0.29, 0.717) is 0 Å². The van der Waals surface area contributed by atoms with Gasteiger partial charge in [0.2, 0.25) is 0 Å². The maximum absolute atomic E-state index is 11.4. The van der Waals surface area contributed by atoms with Crippen LogP contribution in [0.3, 0.4) is 0 Å². The average molecular weight is 302 g/mol. The molecule has 0 heterocycles. The first kappa shape index (κ1) is 16.6. The third-order valence-electron chi connectivity index (χ3n) is 2.64. The number of hydrogen-bond donors (Lipinski definition) is 3. The van der Waals surface area contributed by atoms with Crippen LogP contribution in [0.4, 0.5) is 0 Å². The van der Waals surface area contributed by atoms with Crippen molar-refractivity contribution >= 4 is 16.2 Å². The summed E-state index contributed by atoms with van der Waals surface area (Å²) in [5.41, 5.74) is 0.875. The van der Waals surface area contributed by atoms with Crippen LogP contribution >= 0.6 is 0 Å². The molecule has 1 rings (SSSR count). The number of carboxylic acid groups (broad SMARTS) is 1. The predicted octanol–water partition coefficient (Wildman–Crippen LogP) is 0.0987. The van der Waals surface area contributed by atoms with Crippen LogP contribution in [0, 0.1) is 0 Å². The monoisotopic (exact) mass is 302 g/mol. The molecule has 0 saturated carbocycles. The Morgan fingerprint density at radius 1 is 1.35 bits per heavy atom. The van der Waals surface area contributed by atoms with Gasteiger partial charge in [-0.3, -0.25) is 4.79 Å². The Hall–Kier alpha value is -1.48. The molecule has 0 saturated heterocycles. The summed E-state index contributed by atoms with van der Waals surface area (Å²) in [5.74, 6) is -1.30. The predicted molar refractivity (Wildman–Crippen MR) is 73.2 cm³/mol. The molecule has 1 aromatic rings. The summed E-state index contributed by atoms with van der Waals surface area (Å²) in [6, 6.07) is 7.83. The molecule has 0 unspecified atom stereocenters. The zero-order chi connectivity index (χ0) is 15.2. The van der Waals surface area contributed by atoms with Crippen LogP contribution in [-0.4, -0.2) is 38.7 Å². The van der Waals surface area contributed by atoms with E-state index in [1.165, 1.54) is 14.0 Å². The average Bonchev–Trinajstić information content (AvgIpc) is 2.43. The fourth-order valence-corrected chi connectivity index (χ4v) is 2.22. The summed E-state index contributed by atoms with van der Waals surface area (Å²) in [5, 5.41) is 9.06. The van der Waals surface area contributed by atoms with Crippen molar-refractivity contribution in [1.29, 1.82) is 0 Å². The third-order valence-corrected chi connectivity index (χ3v) is 3.74. The molecule has 0 aliphatic carbocycles. The van der Waals surface area contributed by atoms with E-state index in [2.05, 4.69) is 0 Å². The summed E-state index contributed by atoms with van der Waals surface area (Å²) >= 11 is 0. The summed E-state index contributed by atoms with van der Waals surface area (Å²) < 4.78 is 32.1. The number of benzene rings is 1. The second kappa shape index (κ2) is 7.34. The minimum Gasteiger partial charge on any atom is -0.480 e. The molecule has 0 aliphatic rings. The largest absolute Gasteiger partial charge is 0.480 e. The van der Waals surface area contributed by atoms with E-state index in [4.69, 9.17) is 9.84 Å². The smallest absolute Gasteiger partial charge is 0.324 e. The Balaban J connectivity index is 2.65. The van der Waals surface area contributed by atoms with E-state index in [0.717, 1.165) is 5.56 Å². The number of carbonyl (C=O) groups is 1. The highest BCUT2D eigenvalue weighted by molar-refractivity contribution is 7.87. The van der Waals surface area contributed by atoms with Gasteiger partial charge in [-0.05, 0) is 12.5 Å². The highest BCUT2D eigenvalue weighted by Crippen LogP contribution is 2.07. The van der Waals surface area contributed by atoms with Crippen molar-refractivity contribution in [2.45, 2.75) is 25.7 Å². The Kier molecular flexibility index (Phi) is 6.08. The molecular formula is C12H18N2O5S. The first-order chi connectivity index (χ1) is 9.35. The van der Waals surface area contributed by atoms with E-state index < -0.39 is 28.3 Å². The van der Waals surface area contributed by atoms with Gasteiger partial charge in [0, 0.05) is 7.05 Å². The molecule has 20 heavy (non-hydrogen) atoms. The van der Waals surface area contributed by atoms with E-state index in [-0.39, 0.29) is 6.61 Å². The Bertz CT molecular complexity index is 532. The zero-order valence-corrected chi connectivity index (χ0v) is 12.1. The first-order valence-electron chi connectivity index (χ1n) is 5.95. The van der Waals surface area contributed by atoms with Crippen LogP contribution < -0.4 is 9.44 Å². The van der Waals surface area contributed by atoms with Crippen molar-refractivity contribution in [1.82, 2.24) is 9.44 Å². The van der Waals surface area contributed by atoms with E-state index in [1.54, 1.807) is 0 Å². The van der Waals surface area contributed by atoms with Gasteiger partial charge in [0.25, 0.3) is 10.2 Å². The maximum atomic E-state index is 11.4. The lowest BCUT2D eigenvalue weighted by atomic mass is 10.2. The molecule has 7 nitrogen and oxygen atoms in total. The minimum atomic E-state index is -3.85. The van der Waals surface area contributed by atoms with Crippen molar-refractivity contribution in [3.63, 3.8) is 0 Å². The highest BCUT2D eigenvalue weighted by Gasteiger charge is 2.29. The summed E-state index contributed by atoms with van der Waals surface area (Å²) in [6.45, 7) is 1.70. The van der Waals surface area contributed by atoms with Gasteiger partial charge >= 0.3 is 5.97 Å². The van der Waals surface area contributed by atoms with Crippen molar-refractivity contribution in [3.05, 3.63) is 35.9 Å². The van der Waals surface area contributed by atoms with Crippen molar-refractivity contribution in [3.8, 4) is 0 Å². The zero-order valence-electron chi connectivity index (χ0n) is 11.2. The van der Waals surface area contributed by atoms with Gasteiger partial charge in [-0.2, -0.15) is 13.1 Å². The molecular weight excluding hydrogens is 284 g/mol. The van der Waals surface area contributed by atoms with Gasteiger partial charge < -0.3 is 9.84 Å². The van der Waals surface area contributed by atoms with Gasteiger partial charge in [0.15, 0.2) is 0 Å². The molecule has 0 aromatic heterocycles. The number of carboxylic acids is 1. The molecule has 2 atom stereocenters.